The molecule has 0 bridgehead atoms. The first-order valence-corrected chi connectivity index (χ1v) is 7.00. The zero-order chi connectivity index (χ0) is 14.8. The van der Waals surface area contributed by atoms with Crippen LogP contribution in [0.25, 0.3) is 11.0 Å². The summed E-state index contributed by atoms with van der Waals surface area (Å²) in [5.74, 6) is -0.954. The van der Waals surface area contributed by atoms with Gasteiger partial charge in [-0.25, -0.2) is 9.48 Å². The van der Waals surface area contributed by atoms with Crippen LogP contribution in [0.3, 0.4) is 0 Å². The maximum atomic E-state index is 11.6. The molecule has 1 aromatic carbocycles. The number of carbonyl (C=O) groups is 2. The van der Waals surface area contributed by atoms with E-state index < -0.39 is 5.97 Å². The zero-order valence-corrected chi connectivity index (χ0v) is 11.5. The molecule has 21 heavy (non-hydrogen) atoms. The fourth-order valence-electron chi connectivity index (χ4n) is 2.25. The van der Waals surface area contributed by atoms with Gasteiger partial charge in [0.05, 0.1) is 11.1 Å². The van der Waals surface area contributed by atoms with Crippen molar-refractivity contribution < 1.29 is 14.7 Å². The van der Waals surface area contributed by atoms with E-state index in [0.717, 1.165) is 12.8 Å². The summed E-state index contributed by atoms with van der Waals surface area (Å²) in [5.41, 5.74) is 1.20. The van der Waals surface area contributed by atoms with E-state index in [1.165, 1.54) is 6.07 Å². The van der Waals surface area contributed by atoms with Gasteiger partial charge in [0, 0.05) is 19.0 Å². The highest BCUT2D eigenvalue weighted by molar-refractivity contribution is 6.00. The van der Waals surface area contributed by atoms with Crippen molar-refractivity contribution in [1.82, 2.24) is 20.3 Å². The Hall–Kier alpha value is -2.44. The Balaban J connectivity index is 1.65. The van der Waals surface area contributed by atoms with Gasteiger partial charge < -0.3 is 10.4 Å². The lowest BCUT2D eigenvalue weighted by atomic mass is 10.2. The predicted molar refractivity (Wildman–Crippen MR) is 74.9 cm³/mol. The fraction of sp³-hybridized carbons (Fsp3) is 0.429. The summed E-state index contributed by atoms with van der Waals surface area (Å²) < 4.78 is 1.65. The second kappa shape index (κ2) is 5.51. The Morgan fingerprint density at radius 3 is 2.90 bits per heavy atom. The molecule has 0 unspecified atom stereocenters. The van der Waals surface area contributed by atoms with Crippen LogP contribution in [0.4, 0.5) is 0 Å². The smallest absolute Gasteiger partial charge is 0.338 e. The number of aromatic nitrogens is 3. The molecular weight excluding hydrogens is 272 g/mol. The quantitative estimate of drug-likeness (QED) is 0.832. The van der Waals surface area contributed by atoms with Crippen LogP contribution in [0.2, 0.25) is 0 Å². The monoisotopic (exact) mass is 288 g/mol. The van der Waals surface area contributed by atoms with Crippen molar-refractivity contribution in [2.75, 3.05) is 0 Å². The maximum absolute atomic E-state index is 11.6. The number of nitrogens with zero attached hydrogens (tertiary/aromatic N) is 3. The van der Waals surface area contributed by atoms with Crippen LogP contribution in [0.1, 0.15) is 36.0 Å². The van der Waals surface area contributed by atoms with Gasteiger partial charge in [0.15, 0.2) is 0 Å². The molecule has 2 aromatic rings. The van der Waals surface area contributed by atoms with Gasteiger partial charge >= 0.3 is 5.97 Å². The van der Waals surface area contributed by atoms with Crippen LogP contribution < -0.4 is 5.32 Å². The summed E-state index contributed by atoms with van der Waals surface area (Å²) in [6.07, 6.45) is 3.25. The molecule has 1 aromatic heterocycles. The van der Waals surface area contributed by atoms with E-state index in [4.69, 9.17) is 5.11 Å². The van der Waals surface area contributed by atoms with Gasteiger partial charge in [0.1, 0.15) is 5.52 Å². The molecule has 0 saturated heterocycles. The number of carboxylic acids is 1. The van der Waals surface area contributed by atoms with Gasteiger partial charge in [-0.15, -0.1) is 5.10 Å². The predicted octanol–water partition coefficient (Wildman–Crippen LogP) is 1.19. The molecule has 3 rings (SSSR count). The summed E-state index contributed by atoms with van der Waals surface area (Å²) >= 11 is 0. The number of rotatable bonds is 6. The Kier molecular flexibility index (Phi) is 3.55. The molecule has 0 radical (unpaired) electrons. The summed E-state index contributed by atoms with van der Waals surface area (Å²) in [4.78, 5) is 22.7. The van der Waals surface area contributed by atoms with Gasteiger partial charge in [-0.05, 0) is 31.4 Å². The van der Waals surface area contributed by atoms with Crippen molar-refractivity contribution in [3.05, 3.63) is 23.8 Å². The van der Waals surface area contributed by atoms with Gasteiger partial charge in [-0.3, -0.25) is 4.79 Å². The molecule has 0 aliphatic heterocycles. The van der Waals surface area contributed by atoms with Gasteiger partial charge in [-0.2, -0.15) is 0 Å². The van der Waals surface area contributed by atoms with Crippen molar-refractivity contribution in [1.29, 1.82) is 0 Å². The number of amides is 1. The summed E-state index contributed by atoms with van der Waals surface area (Å²) in [6, 6.07) is 5.34. The summed E-state index contributed by atoms with van der Waals surface area (Å²) in [5, 5.41) is 19.9. The van der Waals surface area contributed by atoms with E-state index in [1.807, 2.05) is 0 Å². The highest BCUT2D eigenvalue weighted by atomic mass is 16.4. The van der Waals surface area contributed by atoms with Crippen molar-refractivity contribution >= 4 is 22.9 Å². The van der Waals surface area contributed by atoms with Crippen LogP contribution in [0.5, 0.6) is 0 Å². The first kappa shape index (κ1) is 13.5. The van der Waals surface area contributed by atoms with Crippen molar-refractivity contribution in [3.63, 3.8) is 0 Å². The minimum atomic E-state index is -1.02. The highest BCUT2D eigenvalue weighted by Crippen LogP contribution is 2.19. The van der Waals surface area contributed by atoms with E-state index in [0.29, 0.717) is 36.5 Å². The number of carbonyl (C=O) groups excluding carboxylic acids is 1. The Labute approximate surface area is 120 Å². The van der Waals surface area contributed by atoms with Crippen molar-refractivity contribution in [2.45, 2.75) is 38.3 Å². The summed E-state index contributed by atoms with van der Waals surface area (Å²) in [6.45, 7) is 0.539. The Morgan fingerprint density at radius 1 is 1.38 bits per heavy atom. The fourth-order valence-corrected chi connectivity index (χ4v) is 2.25. The standard InChI is InChI=1S/C14H16N4O3/c19-12(15-9-6-7-9)5-2-8-18-11-4-1-3-10(14(20)21)13(11)16-17-18/h1,3-4,9H,2,5-8H2,(H,15,19)(H,20,21). The van der Waals surface area contributed by atoms with E-state index in [2.05, 4.69) is 15.6 Å². The number of hydrogen-bond donors (Lipinski definition) is 2. The first-order chi connectivity index (χ1) is 10.1. The minimum Gasteiger partial charge on any atom is -0.478 e. The second-order valence-electron chi connectivity index (χ2n) is 5.24. The molecule has 1 aliphatic rings. The number of aromatic carboxylic acids is 1. The lowest BCUT2D eigenvalue weighted by Gasteiger charge is -2.04. The SMILES string of the molecule is O=C(CCCn1nnc2c(C(=O)O)cccc21)NC1CC1. The Bertz CT molecular complexity index is 691. The first-order valence-electron chi connectivity index (χ1n) is 7.00. The zero-order valence-electron chi connectivity index (χ0n) is 11.5. The molecule has 7 heteroatoms. The molecule has 2 N–H and O–H groups in total. The maximum Gasteiger partial charge on any atom is 0.338 e. The third-order valence-electron chi connectivity index (χ3n) is 3.49. The van der Waals surface area contributed by atoms with Crippen LogP contribution in [-0.4, -0.2) is 38.0 Å². The molecule has 0 spiro atoms. The largest absolute Gasteiger partial charge is 0.478 e. The van der Waals surface area contributed by atoms with E-state index in [9.17, 15) is 9.59 Å². The molecule has 1 fully saturated rings. The third-order valence-corrected chi connectivity index (χ3v) is 3.49. The van der Waals surface area contributed by atoms with Crippen LogP contribution in [0, 0.1) is 0 Å². The molecular formula is C14H16N4O3. The topological polar surface area (TPSA) is 97.1 Å². The lowest BCUT2D eigenvalue weighted by Crippen LogP contribution is -2.25. The van der Waals surface area contributed by atoms with Crippen LogP contribution >= 0.6 is 0 Å². The molecule has 1 heterocycles. The number of benzene rings is 1. The van der Waals surface area contributed by atoms with Crippen LogP contribution in [0.15, 0.2) is 18.2 Å². The number of aryl methyl sites for hydroxylation is 1. The van der Waals surface area contributed by atoms with Crippen molar-refractivity contribution in [3.8, 4) is 0 Å². The molecule has 1 aliphatic carbocycles. The van der Waals surface area contributed by atoms with Gasteiger partial charge in [0.2, 0.25) is 5.91 Å². The number of carboxylic acid groups (broad SMARTS) is 1. The molecule has 1 saturated carbocycles. The molecule has 7 nitrogen and oxygen atoms in total. The third kappa shape index (κ3) is 3.01. The lowest BCUT2D eigenvalue weighted by molar-refractivity contribution is -0.121. The van der Waals surface area contributed by atoms with E-state index in [1.54, 1.807) is 16.8 Å². The molecule has 0 atom stereocenters. The normalized spacial score (nSPS) is 14.3. The van der Waals surface area contributed by atoms with Crippen LogP contribution in [-0.2, 0) is 11.3 Å². The van der Waals surface area contributed by atoms with Crippen molar-refractivity contribution in [2.24, 2.45) is 0 Å². The van der Waals surface area contributed by atoms with Gasteiger partial charge in [-0.1, -0.05) is 11.3 Å². The minimum absolute atomic E-state index is 0.0631. The number of nitrogens with one attached hydrogen (secondary N) is 1. The Morgan fingerprint density at radius 2 is 2.19 bits per heavy atom. The molecule has 110 valence electrons. The average Bonchev–Trinajstić information content (AvgIpc) is 3.17. The van der Waals surface area contributed by atoms with E-state index in [-0.39, 0.29) is 11.5 Å². The van der Waals surface area contributed by atoms with Gasteiger partial charge in [0.25, 0.3) is 0 Å². The second-order valence-corrected chi connectivity index (χ2v) is 5.24. The number of hydrogen-bond acceptors (Lipinski definition) is 4. The number of fused-ring (bicyclic) bond motifs is 1. The summed E-state index contributed by atoms with van der Waals surface area (Å²) in [7, 11) is 0. The average molecular weight is 288 g/mol. The van der Waals surface area contributed by atoms with E-state index >= 15 is 0 Å². The molecule has 1 amide bonds. The highest BCUT2D eigenvalue weighted by Gasteiger charge is 2.22.